The molecule has 0 saturated heterocycles. The summed E-state index contributed by atoms with van der Waals surface area (Å²) in [5.41, 5.74) is 2.68. The molecular formula is C16H23FN2O. The Hall–Kier alpha value is -1.42. The number of nitrogens with zero attached hydrogens (tertiary/aromatic N) is 2. The van der Waals surface area contributed by atoms with Crippen molar-refractivity contribution >= 4 is 5.91 Å². The van der Waals surface area contributed by atoms with Gasteiger partial charge in [-0.15, -0.1) is 0 Å². The van der Waals surface area contributed by atoms with Crippen LogP contribution < -0.4 is 0 Å². The average Bonchev–Trinajstić information content (AvgIpc) is 2.36. The quantitative estimate of drug-likeness (QED) is 0.847. The molecule has 0 N–H and O–H groups in total. The molecule has 0 unspecified atom stereocenters. The van der Waals surface area contributed by atoms with E-state index in [0.717, 1.165) is 12.0 Å². The van der Waals surface area contributed by atoms with Gasteiger partial charge >= 0.3 is 0 Å². The second kappa shape index (κ2) is 5.52. The molecule has 1 aliphatic rings. The first kappa shape index (κ1) is 15.0. The van der Waals surface area contributed by atoms with Gasteiger partial charge in [-0.05, 0) is 51.1 Å². The van der Waals surface area contributed by atoms with Gasteiger partial charge in [0.2, 0.25) is 5.91 Å². The third-order valence-corrected chi connectivity index (χ3v) is 4.02. The molecule has 0 aromatic heterocycles. The lowest BCUT2D eigenvalue weighted by Gasteiger charge is -2.44. The number of halogens is 1. The van der Waals surface area contributed by atoms with Crippen LogP contribution >= 0.6 is 0 Å². The Kier molecular flexibility index (Phi) is 4.14. The third kappa shape index (κ3) is 2.70. The number of hydrogen-bond acceptors (Lipinski definition) is 2. The highest BCUT2D eigenvalue weighted by Gasteiger charge is 2.37. The standard InChI is InChI=1S/C16H23FN2O/c1-16(2)14-6-5-12(10-17)9-13(14)7-8-19(16)15(20)11-18(3)4/h5-6,9H,7-8,10-11H2,1-4H3. The van der Waals surface area contributed by atoms with Crippen molar-refractivity contribution in [2.75, 3.05) is 27.2 Å². The Morgan fingerprint density at radius 2 is 2.10 bits per heavy atom. The van der Waals surface area contributed by atoms with Gasteiger partial charge in [-0.25, -0.2) is 4.39 Å². The Labute approximate surface area is 120 Å². The Morgan fingerprint density at radius 3 is 2.70 bits per heavy atom. The van der Waals surface area contributed by atoms with Gasteiger partial charge in [0.25, 0.3) is 0 Å². The van der Waals surface area contributed by atoms with Crippen molar-refractivity contribution in [2.45, 2.75) is 32.5 Å². The van der Waals surface area contributed by atoms with Gasteiger partial charge in [0.05, 0.1) is 12.1 Å². The molecule has 4 heteroatoms. The maximum absolute atomic E-state index is 12.8. The highest BCUT2D eigenvalue weighted by molar-refractivity contribution is 5.79. The second-order valence-electron chi connectivity index (χ2n) is 6.22. The molecule has 1 aliphatic heterocycles. The van der Waals surface area contributed by atoms with E-state index in [2.05, 4.69) is 13.8 Å². The molecule has 0 atom stereocenters. The van der Waals surface area contributed by atoms with Crippen LogP contribution in [0, 0.1) is 0 Å². The molecule has 1 heterocycles. The summed E-state index contributed by atoms with van der Waals surface area (Å²) in [6.45, 7) is 4.81. The first-order chi connectivity index (χ1) is 9.36. The van der Waals surface area contributed by atoms with Crippen LogP contribution in [0.2, 0.25) is 0 Å². The van der Waals surface area contributed by atoms with Crippen molar-refractivity contribution in [1.82, 2.24) is 9.80 Å². The molecule has 110 valence electrons. The molecule has 1 aromatic rings. The minimum Gasteiger partial charge on any atom is -0.332 e. The van der Waals surface area contributed by atoms with E-state index in [0.29, 0.717) is 18.7 Å². The molecule has 0 aliphatic carbocycles. The molecule has 0 bridgehead atoms. The van der Waals surface area contributed by atoms with E-state index < -0.39 is 6.67 Å². The highest BCUT2D eigenvalue weighted by Crippen LogP contribution is 2.35. The number of hydrogen-bond donors (Lipinski definition) is 0. The summed E-state index contributed by atoms with van der Waals surface area (Å²) in [5, 5.41) is 0. The summed E-state index contributed by atoms with van der Waals surface area (Å²) in [5.74, 6) is 0.139. The topological polar surface area (TPSA) is 23.6 Å². The van der Waals surface area contributed by atoms with Crippen LogP contribution in [0.5, 0.6) is 0 Å². The van der Waals surface area contributed by atoms with Crippen LogP contribution in [-0.2, 0) is 23.4 Å². The van der Waals surface area contributed by atoms with Crippen molar-refractivity contribution in [3.05, 3.63) is 34.9 Å². The third-order valence-electron chi connectivity index (χ3n) is 4.02. The van der Waals surface area contributed by atoms with E-state index >= 15 is 0 Å². The lowest BCUT2D eigenvalue weighted by Crippen LogP contribution is -2.52. The van der Waals surface area contributed by atoms with E-state index in [4.69, 9.17) is 0 Å². The van der Waals surface area contributed by atoms with E-state index in [1.54, 1.807) is 0 Å². The summed E-state index contributed by atoms with van der Waals surface area (Å²) in [7, 11) is 3.80. The monoisotopic (exact) mass is 278 g/mol. The fourth-order valence-electron chi connectivity index (χ4n) is 2.98. The van der Waals surface area contributed by atoms with E-state index in [9.17, 15) is 9.18 Å². The Morgan fingerprint density at radius 1 is 1.40 bits per heavy atom. The molecule has 1 aromatic carbocycles. The first-order valence-corrected chi connectivity index (χ1v) is 6.99. The Balaban J connectivity index is 2.32. The van der Waals surface area contributed by atoms with Crippen LogP contribution in [0.15, 0.2) is 18.2 Å². The number of likely N-dealkylation sites (N-methyl/N-ethyl adjacent to an activating group) is 1. The molecule has 3 nitrogen and oxygen atoms in total. The van der Waals surface area contributed by atoms with Crippen LogP contribution in [0.3, 0.4) is 0 Å². The number of benzene rings is 1. The van der Waals surface area contributed by atoms with Gasteiger partial charge in [0.15, 0.2) is 0 Å². The summed E-state index contributed by atoms with van der Waals surface area (Å²) < 4.78 is 12.8. The number of alkyl halides is 1. The van der Waals surface area contributed by atoms with Crippen LogP contribution in [-0.4, -0.2) is 42.9 Å². The normalized spacial score (nSPS) is 17.2. The van der Waals surface area contributed by atoms with Crippen molar-refractivity contribution < 1.29 is 9.18 Å². The summed E-state index contributed by atoms with van der Waals surface area (Å²) in [6.07, 6.45) is 0.797. The zero-order chi connectivity index (χ0) is 14.9. The number of carbonyl (C=O) groups excluding carboxylic acids is 1. The van der Waals surface area contributed by atoms with Gasteiger partial charge in [0.1, 0.15) is 6.67 Å². The summed E-state index contributed by atoms with van der Waals surface area (Å²) >= 11 is 0. The van der Waals surface area contributed by atoms with Crippen molar-refractivity contribution in [3.8, 4) is 0 Å². The predicted octanol–water partition coefficient (Wildman–Crippen LogP) is 2.34. The van der Waals surface area contributed by atoms with Gasteiger partial charge < -0.3 is 9.80 Å². The predicted molar refractivity (Wildman–Crippen MR) is 78.3 cm³/mol. The smallest absolute Gasteiger partial charge is 0.237 e. The molecule has 2 rings (SSSR count). The van der Waals surface area contributed by atoms with Crippen molar-refractivity contribution in [3.63, 3.8) is 0 Å². The molecule has 0 radical (unpaired) electrons. The fourth-order valence-corrected chi connectivity index (χ4v) is 2.98. The van der Waals surface area contributed by atoms with Gasteiger partial charge in [-0.3, -0.25) is 4.79 Å². The molecular weight excluding hydrogens is 255 g/mol. The second-order valence-corrected chi connectivity index (χ2v) is 6.22. The van der Waals surface area contributed by atoms with Gasteiger partial charge in [-0.2, -0.15) is 0 Å². The van der Waals surface area contributed by atoms with E-state index in [1.807, 2.05) is 42.1 Å². The largest absolute Gasteiger partial charge is 0.332 e. The average molecular weight is 278 g/mol. The molecule has 20 heavy (non-hydrogen) atoms. The van der Waals surface area contributed by atoms with Crippen molar-refractivity contribution in [2.24, 2.45) is 0 Å². The maximum atomic E-state index is 12.8. The molecule has 1 amide bonds. The fraction of sp³-hybridized carbons (Fsp3) is 0.562. The lowest BCUT2D eigenvalue weighted by molar-refractivity contribution is -0.138. The molecule has 0 fully saturated rings. The number of carbonyl (C=O) groups is 1. The molecule has 0 saturated carbocycles. The zero-order valence-corrected chi connectivity index (χ0v) is 12.7. The number of amides is 1. The Bertz CT molecular complexity index is 511. The minimum atomic E-state index is -0.434. The van der Waals surface area contributed by atoms with Crippen LogP contribution in [0.1, 0.15) is 30.5 Å². The number of rotatable bonds is 3. The van der Waals surface area contributed by atoms with E-state index in [-0.39, 0.29) is 11.4 Å². The summed E-state index contributed by atoms with van der Waals surface area (Å²) in [4.78, 5) is 16.2. The van der Waals surface area contributed by atoms with Crippen molar-refractivity contribution in [1.29, 1.82) is 0 Å². The SMILES string of the molecule is CN(C)CC(=O)N1CCc2cc(CF)ccc2C1(C)C. The zero-order valence-electron chi connectivity index (χ0n) is 12.7. The van der Waals surface area contributed by atoms with Gasteiger partial charge in [0, 0.05) is 6.54 Å². The highest BCUT2D eigenvalue weighted by atomic mass is 19.1. The van der Waals surface area contributed by atoms with E-state index in [1.165, 1.54) is 5.56 Å². The first-order valence-electron chi connectivity index (χ1n) is 6.99. The van der Waals surface area contributed by atoms with Crippen LogP contribution in [0.25, 0.3) is 0 Å². The van der Waals surface area contributed by atoms with Gasteiger partial charge in [-0.1, -0.05) is 18.2 Å². The van der Waals surface area contributed by atoms with Crippen LogP contribution in [0.4, 0.5) is 4.39 Å². The minimum absolute atomic E-state index is 0.139. The lowest BCUT2D eigenvalue weighted by atomic mass is 9.82. The summed E-state index contributed by atoms with van der Waals surface area (Å²) in [6, 6.07) is 5.73. The number of fused-ring (bicyclic) bond motifs is 1. The molecule has 0 spiro atoms. The maximum Gasteiger partial charge on any atom is 0.237 e.